The Labute approximate surface area is 121 Å². The normalized spacial score (nSPS) is 25.4. The average molecular weight is 278 g/mol. The molecule has 1 aliphatic heterocycles. The molecule has 1 aliphatic carbocycles. The molecule has 0 aromatic carbocycles. The largest absolute Gasteiger partial charge is 0.370 e. The van der Waals surface area contributed by atoms with Gasteiger partial charge in [-0.3, -0.25) is 0 Å². The summed E-state index contributed by atoms with van der Waals surface area (Å²) in [6.45, 7) is 1.92. The standard InChI is InChI=1S/C15H26N4O/c1-19-12-17-18-14(19)6-10-16-11-13-5-9-15(20-13)7-3-2-4-8-15/h12-13,16H,2-11H2,1H3. The molecule has 1 spiro atoms. The van der Waals surface area contributed by atoms with Crippen molar-refractivity contribution in [3.8, 4) is 0 Å². The van der Waals surface area contributed by atoms with E-state index in [-0.39, 0.29) is 5.60 Å². The van der Waals surface area contributed by atoms with Gasteiger partial charge in [0.1, 0.15) is 12.2 Å². The van der Waals surface area contributed by atoms with E-state index < -0.39 is 0 Å². The minimum absolute atomic E-state index is 0.244. The zero-order chi connectivity index (χ0) is 13.8. The molecule has 2 heterocycles. The molecular formula is C15H26N4O. The number of rotatable bonds is 5. The summed E-state index contributed by atoms with van der Waals surface area (Å²) in [6.07, 6.45) is 12.2. The maximum absolute atomic E-state index is 6.36. The molecule has 5 nitrogen and oxygen atoms in total. The van der Waals surface area contributed by atoms with Crippen LogP contribution in [0.3, 0.4) is 0 Å². The summed E-state index contributed by atoms with van der Waals surface area (Å²) in [5, 5.41) is 11.5. The van der Waals surface area contributed by atoms with Crippen LogP contribution in [0.1, 0.15) is 50.8 Å². The van der Waals surface area contributed by atoms with Gasteiger partial charge in [-0.25, -0.2) is 0 Å². The summed E-state index contributed by atoms with van der Waals surface area (Å²) in [6, 6.07) is 0. The lowest BCUT2D eigenvalue weighted by atomic mass is 9.83. The SMILES string of the molecule is Cn1cnnc1CCNCC1CCC2(CCCCC2)O1. The Morgan fingerprint density at radius 2 is 2.20 bits per heavy atom. The van der Waals surface area contributed by atoms with Crippen LogP contribution in [-0.4, -0.2) is 39.6 Å². The first-order valence-corrected chi connectivity index (χ1v) is 7.99. The van der Waals surface area contributed by atoms with Crippen LogP contribution in [0.15, 0.2) is 6.33 Å². The van der Waals surface area contributed by atoms with Gasteiger partial charge in [0.2, 0.25) is 0 Å². The highest BCUT2D eigenvalue weighted by molar-refractivity contribution is 4.92. The van der Waals surface area contributed by atoms with Crippen LogP contribution in [0.5, 0.6) is 0 Å². The number of aromatic nitrogens is 3. The van der Waals surface area contributed by atoms with Crippen molar-refractivity contribution >= 4 is 0 Å². The van der Waals surface area contributed by atoms with Gasteiger partial charge in [0, 0.05) is 26.6 Å². The minimum atomic E-state index is 0.244. The van der Waals surface area contributed by atoms with Gasteiger partial charge >= 0.3 is 0 Å². The molecule has 2 fully saturated rings. The van der Waals surface area contributed by atoms with Gasteiger partial charge in [0.25, 0.3) is 0 Å². The monoisotopic (exact) mass is 278 g/mol. The molecule has 1 aromatic rings. The molecule has 1 saturated heterocycles. The minimum Gasteiger partial charge on any atom is -0.370 e. The van der Waals surface area contributed by atoms with Gasteiger partial charge in [0.15, 0.2) is 0 Å². The molecule has 0 bridgehead atoms. The van der Waals surface area contributed by atoms with Crippen LogP contribution >= 0.6 is 0 Å². The van der Waals surface area contributed by atoms with Crippen molar-refractivity contribution in [3.05, 3.63) is 12.2 Å². The molecule has 1 saturated carbocycles. The van der Waals surface area contributed by atoms with E-state index in [0.717, 1.165) is 25.3 Å². The Hall–Kier alpha value is -0.940. The number of nitrogens with zero attached hydrogens (tertiary/aromatic N) is 3. The second kappa shape index (κ2) is 6.22. The molecule has 0 amide bonds. The summed E-state index contributed by atoms with van der Waals surface area (Å²) in [5.74, 6) is 1.04. The lowest BCUT2D eigenvalue weighted by molar-refractivity contribution is -0.0622. The van der Waals surface area contributed by atoms with E-state index in [0.29, 0.717) is 6.10 Å². The molecule has 1 aromatic heterocycles. The molecule has 112 valence electrons. The zero-order valence-corrected chi connectivity index (χ0v) is 12.5. The van der Waals surface area contributed by atoms with Crippen molar-refractivity contribution in [1.82, 2.24) is 20.1 Å². The molecule has 3 rings (SSSR count). The predicted molar refractivity (Wildman–Crippen MR) is 77.5 cm³/mol. The van der Waals surface area contributed by atoms with E-state index in [9.17, 15) is 0 Å². The summed E-state index contributed by atoms with van der Waals surface area (Å²) >= 11 is 0. The van der Waals surface area contributed by atoms with E-state index in [1.54, 1.807) is 6.33 Å². The molecule has 0 radical (unpaired) electrons. The Morgan fingerprint density at radius 3 is 2.95 bits per heavy atom. The predicted octanol–water partition coefficient (Wildman–Crippen LogP) is 1.83. The van der Waals surface area contributed by atoms with Gasteiger partial charge in [-0.2, -0.15) is 0 Å². The number of hydrogen-bond donors (Lipinski definition) is 1. The number of aryl methyl sites for hydroxylation is 1. The Balaban J connectivity index is 1.36. The third kappa shape index (κ3) is 3.20. The molecule has 1 atom stereocenters. The fourth-order valence-corrected chi connectivity index (χ4v) is 3.60. The van der Waals surface area contributed by atoms with Gasteiger partial charge in [0.05, 0.1) is 11.7 Å². The second-order valence-electron chi connectivity index (χ2n) is 6.33. The third-order valence-corrected chi connectivity index (χ3v) is 4.81. The topological polar surface area (TPSA) is 52.0 Å². The number of nitrogens with one attached hydrogen (secondary N) is 1. The highest BCUT2D eigenvalue weighted by Crippen LogP contribution is 2.41. The fraction of sp³-hybridized carbons (Fsp3) is 0.867. The quantitative estimate of drug-likeness (QED) is 0.835. The Bertz CT molecular complexity index is 425. The Kier molecular flexibility index (Phi) is 4.36. The zero-order valence-electron chi connectivity index (χ0n) is 12.5. The molecule has 2 aliphatic rings. The molecule has 1 N–H and O–H groups in total. The van der Waals surface area contributed by atoms with Crippen molar-refractivity contribution in [2.45, 2.75) is 63.1 Å². The highest BCUT2D eigenvalue weighted by atomic mass is 16.5. The van der Waals surface area contributed by atoms with Gasteiger partial charge in [-0.05, 0) is 25.7 Å². The van der Waals surface area contributed by atoms with Crippen LogP contribution < -0.4 is 5.32 Å². The molecule has 5 heteroatoms. The van der Waals surface area contributed by atoms with E-state index in [4.69, 9.17) is 4.74 Å². The van der Waals surface area contributed by atoms with E-state index in [1.807, 2.05) is 11.6 Å². The number of hydrogen-bond acceptors (Lipinski definition) is 4. The molecular weight excluding hydrogens is 252 g/mol. The third-order valence-electron chi connectivity index (χ3n) is 4.81. The molecule has 20 heavy (non-hydrogen) atoms. The van der Waals surface area contributed by atoms with Crippen LogP contribution in [0.25, 0.3) is 0 Å². The average Bonchev–Trinajstić information content (AvgIpc) is 3.04. The second-order valence-corrected chi connectivity index (χ2v) is 6.33. The summed E-state index contributed by atoms with van der Waals surface area (Å²) in [4.78, 5) is 0. The molecule has 1 unspecified atom stereocenters. The summed E-state index contributed by atoms with van der Waals surface area (Å²) in [5.41, 5.74) is 0.244. The van der Waals surface area contributed by atoms with Crippen molar-refractivity contribution < 1.29 is 4.74 Å². The van der Waals surface area contributed by atoms with Crippen molar-refractivity contribution in [1.29, 1.82) is 0 Å². The maximum atomic E-state index is 6.36. The van der Waals surface area contributed by atoms with Gasteiger partial charge in [-0.1, -0.05) is 19.3 Å². The van der Waals surface area contributed by atoms with Gasteiger partial charge < -0.3 is 14.6 Å². The van der Waals surface area contributed by atoms with Crippen LogP contribution in [-0.2, 0) is 18.2 Å². The maximum Gasteiger partial charge on any atom is 0.133 e. The Morgan fingerprint density at radius 1 is 1.35 bits per heavy atom. The first-order chi connectivity index (χ1) is 9.77. The van der Waals surface area contributed by atoms with Crippen LogP contribution in [0.4, 0.5) is 0 Å². The lowest BCUT2D eigenvalue weighted by Crippen LogP contribution is -2.35. The van der Waals surface area contributed by atoms with Gasteiger partial charge in [-0.15, -0.1) is 10.2 Å². The highest BCUT2D eigenvalue weighted by Gasteiger charge is 2.40. The van der Waals surface area contributed by atoms with Crippen molar-refractivity contribution in [2.24, 2.45) is 7.05 Å². The lowest BCUT2D eigenvalue weighted by Gasteiger charge is -2.33. The van der Waals surface area contributed by atoms with E-state index in [2.05, 4.69) is 15.5 Å². The van der Waals surface area contributed by atoms with Crippen LogP contribution in [0.2, 0.25) is 0 Å². The van der Waals surface area contributed by atoms with E-state index >= 15 is 0 Å². The fourth-order valence-electron chi connectivity index (χ4n) is 3.60. The van der Waals surface area contributed by atoms with Crippen LogP contribution in [0, 0.1) is 0 Å². The first-order valence-electron chi connectivity index (χ1n) is 7.99. The first kappa shape index (κ1) is 14.0. The van der Waals surface area contributed by atoms with Crippen molar-refractivity contribution in [3.63, 3.8) is 0 Å². The summed E-state index contributed by atoms with van der Waals surface area (Å²) in [7, 11) is 1.99. The smallest absolute Gasteiger partial charge is 0.133 e. The summed E-state index contributed by atoms with van der Waals surface area (Å²) < 4.78 is 8.33. The van der Waals surface area contributed by atoms with E-state index in [1.165, 1.54) is 44.9 Å². The number of ether oxygens (including phenoxy) is 1. The van der Waals surface area contributed by atoms with Crippen molar-refractivity contribution in [2.75, 3.05) is 13.1 Å².